The van der Waals surface area contributed by atoms with E-state index >= 15 is 0 Å². The van der Waals surface area contributed by atoms with Crippen molar-refractivity contribution >= 4 is 24.0 Å². The molecule has 2 N–H and O–H groups in total. The van der Waals surface area contributed by atoms with Crippen LogP contribution in [0.5, 0.6) is 0 Å². The highest BCUT2D eigenvalue weighted by Gasteiger charge is 2.14. The van der Waals surface area contributed by atoms with Crippen molar-refractivity contribution in [3.63, 3.8) is 0 Å². The molecule has 0 fully saturated rings. The molecule has 2 heterocycles. The quantitative estimate of drug-likeness (QED) is 0.696. The van der Waals surface area contributed by atoms with Crippen molar-refractivity contribution in [3.8, 4) is 0 Å². The molecule has 0 aromatic carbocycles. The van der Waals surface area contributed by atoms with Gasteiger partial charge in [-0.1, -0.05) is 0 Å². The molecule has 0 saturated carbocycles. The summed E-state index contributed by atoms with van der Waals surface area (Å²) >= 11 is 5.78. The number of nitrogens with one attached hydrogen (secondary N) is 2. The molecule has 5 nitrogen and oxygen atoms in total. The zero-order valence-electron chi connectivity index (χ0n) is 8.35. The number of aromatic nitrogens is 3. The molecule has 0 radical (unpaired) electrons. The van der Waals surface area contributed by atoms with E-state index in [1.165, 1.54) is 17.4 Å². The second-order valence-electron chi connectivity index (χ2n) is 3.27. The van der Waals surface area contributed by atoms with Crippen LogP contribution in [0.15, 0.2) is 21.0 Å². The Hall–Kier alpha value is -1.34. The minimum atomic E-state index is -0.533. The molecule has 0 aliphatic carbocycles. The minimum absolute atomic E-state index is 0.381. The Labute approximate surface area is 100.0 Å². The summed E-state index contributed by atoms with van der Waals surface area (Å²) in [5.41, 5.74) is 0.374. The number of thiazole rings is 1. The third-order valence-electron chi connectivity index (χ3n) is 1.95. The third kappa shape index (κ3) is 2.25. The van der Waals surface area contributed by atoms with Crippen LogP contribution in [0.25, 0.3) is 0 Å². The van der Waals surface area contributed by atoms with Crippen LogP contribution in [-0.4, -0.2) is 15.0 Å². The van der Waals surface area contributed by atoms with Crippen LogP contribution in [0, 0.1) is 6.92 Å². The summed E-state index contributed by atoms with van der Waals surface area (Å²) in [6.45, 7) is 1.88. The fourth-order valence-corrected chi connectivity index (χ4v) is 2.44. The Morgan fingerprint density at radius 3 is 2.75 bits per heavy atom. The second kappa shape index (κ2) is 4.26. The predicted molar refractivity (Wildman–Crippen MR) is 65.4 cm³/mol. The van der Waals surface area contributed by atoms with Crippen LogP contribution in [0.2, 0.25) is 0 Å². The van der Waals surface area contributed by atoms with Crippen LogP contribution in [0.1, 0.15) is 21.6 Å². The summed E-state index contributed by atoms with van der Waals surface area (Å²) in [5, 5.41) is 2.26. The van der Waals surface area contributed by atoms with Gasteiger partial charge in [0.2, 0.25) is 0 Å². The number of thiol groups is 1. The van der Waals surface area contributed by atoms with E-state index in [2.05, 4.69) is 27.6 Å². The smallest absolute Gasteiger partial charge is 0.310 e. The molecule has 2 rings (SSSR count). The van der Waals surface area contributed by atoms with Gasteiger partial charge in [-0.25, -0.2) is 9.78 Å². The summed E-state index contributed by atoms with van der Waals surface area (Å²) in [4.78, 5) is 31.1. The van der Waals surface area contributed by atoms with Gasteiger partial charge in [0.15, 0.2) is 0 Å². The van der Waals surface area contributed by atoms with E-state index in [0.29, 0.717) is 5.69 Å². The van der Waals surface area contributed by atoms with Crippen LogP contribution in [0.3, 0.4) is 0 Å². The highest BCUT2D eigenvalue weighted by molar-refractivity contribution is 7.80. The van der Waals surface area contributed by atoms with Gasteiger partial charge < -0.3 is 4.98 Å². The lowest BCUT2D eigenvalue weighted by atomic mass is 10.3. The monoisotopic (exact) mass is 255 g/mol. The molecule has 1 atom stereocenters. The molecule has 2 aromatic heterocycles. The molecule has 1 unspecified atom stereocenters. The molecule has 0 amide bonds. The van der Waals surface area contributed by atoms with Crippen molar-refractivity contribution in [1.29, 1.82) is 0 Å². The van der Waals surface area contributed by atoms with E-state index in [1.54, 1.807) is 0 Å². The van der Waals surface area contributed by atoms with Gasteiger partial charge in [0.1, 0.15) is 5.01 Å². The highest BCUT2D eigenvalue weighted by Crippen LogP contribution is 2.27. The first-order valence-corrected chi connectivity index (χ1v) is 5.89. The maximum absolute atomic E-state index is 11.1. The normalized spacial score (nSPS) is 12.6. The number of aromatic amines is 2. The molecule has 0 aliphatic rings. The maximum atomic E-state index is 11.1. The number of hydrogen-bond acceptors (Lipinski definition) is 5. The number of aryl methyl sites for hydroxylation is 1. The third-order valence-corrected chi connectivity index (χ3v) is 3.67. The van der Waals surface area contributed by atoms with E-state index in [-0.39, 0.29) is 5.25 Å². The summed E-state index contributed by atoms with van der Waals surface area (Å²) in [6.07, 6.45) is 0. The number of hydrogen-bond donors (Lipinski definition) is 3. The molecular weight excluding hydrogens is 246 g/mol. The Bertz CT molecular complexity index is 585. The first kappa shape index (κ1) is 11.2. The summed E-state index contributed by atoms with van der Waals surface area (Å²) in [5.74, 6) is 0. The van der Waals surface area contributed by atoms with Crippen molar-refractivity contribution in [2.45, 2.75) is 12.2 Å². The van der Waals surface area contributed by atoms with Crippen LogP contribution in [0.4, 0.5) is 0 Å². The summed E-state index contributed by atoms with van der Waals surface area (Å²) in [7, 11) is 0. The van der Waals surface area contributed by atoms with Gasteiger partial charge in [-0.3, -0.25) is 9.78 Å². The average Bonchev–Trinajstić information content (AvgIpc) is 2.62. The molecule has 0 spiro atoms. The van der Waals surface area contributed by atoms with Crippen LogP contribution in [-0.2, 0) is 0 Å². The molecule has 0 bridgehead atoms. The zero-order valence-corrected chi connectivity index (χ0v) is 10.1. The van der Waals surface area contributed by atoms with Crippen molar-refractivity contribution in [2.75, 3.05) is 0 Å². The lowest BCUT2D eigenvalue weighted by Gasteiger charge is -2.06. The fraction of sp³-hybridized carbons (Fsp3) is 0.222. The first-order chi connectivity index (χ1) is 7.56. The largest absolute Gasteiger partial charge is 0.325 e. The fourth-order valence-electron chi connectivity index (χ4n) is 1.27. The average molecular weight is 255 g/mol. The number of nitrogens with zero attached hydrogens (tertiary/aromatic N) is 1. The molecule has 16 heavy (non-hydrogen) atoms. The molecule has 2 aromatic rings. The Kier molecular flexibility index (Phi) is 2.97. The topological polar surface area (TPSA) is 78.6 Å². The van der Waals surface area contributed by atoms with Crippen molar-refractivity contribution < 1.29 is 0 Å². The van der Waals surface area contributed by atoms with Gasteiger partial charge in [0.25, 0.3) is 5.56 Å². The molecule has 7 heteroatoms. The van der Waals surface area contributed by atoms with E-state index in [4.69, 9.17) is 0 Å². The van der Waals surface area contributed by atoms with E-state index in [9.17, 15) is 9.59 Å². The lowest BCUT2D eigenvalue weighted by molar-refractivity contribution is 0.936. The summed E-state index contributed by atoms with van der Waals surface area (Å²) in [6, 6.07) is 1.32. The lowest BCUT2D eigenvalue weighted by Crippen LogP contribution is -2.23. The van der Waals surface area contributed by atoms with Gasteiger partial charge in [-0.05, 0) is 6.92 Å². The van der Waals surface area contributed by atoms with Gasteiger partial charge in [-0.2, -0.15) is 12.6 Å². The van der Waals surface area contributed by atoms with Crippen LogP contribution < -0.4 is 11.2 Å². The van der Waals surface area contributed by atoms with Gasteiger partial charge in [0.05, 0.1) is 5.25 Å². The zero-order chi connectivity index (χ0) is 11.7. The standard InChI is InChI=1S/C9H9N3O2S2/c1-4-3-16-8(10-4)7(15)5-2-6(13)12-9(14)11-5/h2-3,7,15H,1H3,(H2,11,12,13,14). The van der Waals surface area contributed by atoms with Crippen molar-refractivity contribution in [1.82, 2.24) is 15.0 Å². The molecule has 84 valence electrons. The summed E-state index contributed by atoms with van der Waals surface area (Å²) < 4.78 is 0. The van der Waals surface area contributed by atoms with Gasteiger partial charge >= 0.3 is 5.69 Å². The van der Waals surface area contributed by atoms with Crippen molar-refractivity contribution in [2.24, 2.45) is 0 Å². The first-order valence-electron chi connectivity index (χ1n) is 4.50. The molecule has 0 saturated heterocycles. The Morgan fingerprint density at radius 2 is 2.19 bits per heavy atom. The van der Waals surface area contributed by atoms with Gasteiger partial charge in [0, 0.05) is 22.8 Å². The Morgan fingerprint density at radius 1 is 1.44 bits per heavy atom. The maximum Gasteiger partial charge on any atom is 0.325 e. The van der Waals surface area contributed by atoms with E-state index in [1.807, 2.05) is 12.3 Å². The Balaban J connectivity index is 2.44. The SMILES string of the molecule is Cc1csc(C(S)c2cc(=O)[nH]c(=O)[nH]2)n1. The predicted octanol–water partition coefficient (Wildman–Crippen LogP) is 0.847. The minimum Gasteiger partial charge on any atom is -0.310 e. The van der Waals surface area contributed by atoms with E-state index < -0.39 is 11.2 Å². The van der Waals surface area contributed by atoms with Gasteiger partial charge in [-0.15, -0.1) is 11.3 Å². The van der Waals surface area contributed by atoms with E-state index in [0.717, 1.165) is 10.7 Å². The van der Waals surface area contributed by atoms with Crippen LogP contribution >= 0.6 is 24.0 Å². The molecular formula is C9H9N3O2S2. The van der Waals surface area contributed by atoms with Crippen molar-refractivity contribution in [3.05, 3.63) is 48.7 Å². The highest BCUT2D eigenvalue weighted by atomic mass is 32.1. The molecule has 0 aliphatic heterocycles. The number of rotatable bonds is 2. The number of H-pyrrole nitrogens is 2. The second-order valence-corrected chi connectivity index (χ2v) is 4.68.